The first-order chi connectivity index (χ1) is 11.4. The lowest BCUT2D eigenvalue weighted by atomic mass is 10.1. The van der Waals surface area contributed by atoms with Gasteiger partial charge in [-0.15, -0.1) is 0 Å². The Balaban J connectivity index is 2.07. The van der Waals surface area contributed by atoms with Gasteiger partial charge in [-0.25, -0.2) is 0 Å². The van der Waals surface area contributed by atoms with Crippen molar-refractivity contribution in [1.82, 2.24) is 10.2 Å². The van der Waals surface area contributed by atoms with Gasteiger partial charge in [0.1, 0.15) is 11.8 Å². The van der Waals surface area contributed by atoms with Crippen LogP contribution in [0.1, 0.15) is 13.3 Å². The van der Waals surface area contributed by atoms with Crippen LogP contribution >= 0.6 is 15.9 Å². The summed E-state index contributed by atoms with van der Waals surface area (Å²) in [4.78, 5) is 37.6. The van der Waals surface area contributed by atoms with Crippen LogP contribution < -0.4 is 10.1 Å². The average molecular weight is 399 g/mol. The van der Waals surface area contributed by atoms with Crippen molar-refractivity contribution in [2.24, 2.45) is 0 Å². The first-order valence-corrected chi connectivity index (χ1v) is 8.29. The van der Waals surface area contributed by atoms with E-state index in [1.54, 1.807) is 31.2 Å². The van der Waals surface area contributed by atoms with E-state index >= 15 is 0 Å². The topological polar surface area (TPSA) is 84.9 Å². The average Bonchev–Trinajstić information content (AvgIpc) is 2.57. The molecule has 2 atom stereocenters. The zero-order valence-electron chi connectivity index (χ0n) is 13.5. The monoisotopic (exact) mass is 398 g/mol. The predicted molar refractivity (Wildman–Crippen MR) is 89.4 cm³/mol. The Morgan fingerprint density at radius 3 is 2.67 bits per heavy atom. The van der Waals surface area contributed by atoms with E-state index in [0.717, 1.165) is 4.47 Å². The summed E-state index contributed by atoms with van der Waals surface area (Å²) in [6, 6.07) is 6.21. The van der Waals surface area contributed by atoms with E-state index in [1.807, 2.05) is 0 Å². The number of hydrogen-bond acceptors (Lipinski definition) is 5. The highest BCUT2D eigenvalue weighted by molar-refractivity contribution is 9.10. The second kappa shape index (κ2) is 8.14. The van der Waals surface area contributed by atoms with Crippen molar-refractivity contribution < 1.29 is 23.9 Å². The number of rotatable bonds is 5. The highest BCUT2D eigenvalue weighted by Gasteiger charge is 2.37. The van der Waals surface area contributed by atoms with Gasteiger partial charge in [0.15, 0.2) is 6.10 Å². The van der Waals surface area contributed by atoms with Gasteiger partial charge in [-0.1, -0.05) is 15.9 Å². The number of hydrogen-bond donors (Lipinski definition) is 1. The Kier molecular flexibility index (Phi) is 6.19. The summed E-state index contributed by atoms with van der Waals surface area (Å²) >= 11 is 3.33. The fraction of sp³-hybridized carbons (Fsp3) is 0.438. The summed E-state index contributed by atoms with van der Waals surface area (Å²) in [6.07, 6.45) is -0.962. The Morgan fingerprint density at radius 2 is 2.04 bits per heavy atom. The van der Waals surface area contributed by atoms with Crippen molar-refractivity contribution in [3.63, 3.8) is 0 Å². The van der Waals surface area contributed by atoms with Crippen LogP contribution in [0.3, 0.4) is 0 Å². The Labute approximate surface area is 148 Å². The van der Waals surface area contributed by atoms with Crippen molar-refractivity contribution in [2.45, 2.75) is 25.5 Å². The summed E-state index contributed by atoms with van der Waals surface area (Å²) < 4.78 is 11.1. The van der Waals surface area contributed by atoms with Crippen LogP contribution in [0.5, 0.6) is 5.75 Å². The van der Waals surface area contributed by atoms with E-state index < -0.39 is 18.1 Å². The summed E-state index contributed by atoms with van der Waals surface area (Å²) in [5, 5.41) is 2.65. The van der Waals surface area contributed by atoms with Crippen LogP contribution in [0.25, 0.3) is 0 Å². The van der Waals surface area contributed by atoms with E-state index in [4.69, 9.17) is 4.74 Å². The van der Waals surface area contributed by atoms with Gasteiger partial charge in [0.05, 0.1) is 13.5 Å². The molecule has 0 aromatic heterocycles. The predicted octanol–water partition coefficient (Wildman–Crippen LogP) is 1.11. The van der Waals surface area contributed by atoms with Crippen molar-refractivity contribution in [3.05, 3.63) is 28.7 Å². The molecule has 1 saturated heterocycles. The van der Waals surface area contributed by atoms with Crippen LogP contribution in [0.2, 0.25) is 0 Å². The van der Waals surface area contributed by atoms with Gasteiger partial charge in [0, 0.05) is 17.6 Å². The maximum atomic E-state index is 12.7. The molecule has 0 bridgehead atoms. The molecule has 0 saturated carbocycles. The van der Waals surface area contributed by atoms with Crippen LogP contribution in [0.15, 0.2) is 28.7 Å². The quantitative estimate of drug-likeness (QED) is 0.750. The standard InChI is InChI=1S/C16H19BrN2O5/c1-10(24-12-5-3-11(17)4-6-12)16(22)19-8-7-18-15(21)13(19)9-14(20)23-2/h3-6,10,13H,7-9H2,1-2H3,(H,18,21)/t10-,13+/m0/s1. The van der Waals surface area contributed by atoms with Gasteiger partial charge < -0.3 is 19.7 Å². The number of nitrogens with zero attached hydrogens (tertiary/aromatic N) is 1. The van der Waals surface area contributed by atoms with Gasteiger partial charge >= 0.3 is 5.97 Å². The SMILES string of the molecule is COC(=O)C[C@@H]1C(=O)NCCN1C(=O)[C@H](C)Oc1ccc(Br)cc1. The lowest BCUT2D eigenvalue weighted by Crippen LogP contribution is -2.60. The van der Waals surface area contributed by atoms with Crippen molar-refractivity contribution in [3.8, 4) is 5.75 Å². The molecule has 0 spiro atoms. The van der Waals surface area contributed by atoms with Crippen LogP contribution in [0, 0.1) is 0 Å². The minimum atomic E-state index is -0.880. The normalized spacial score (nSPS) is 18.5. The molecule has 1 aromatic rings. The summed E-state index contributed by atoms with van der Waals surface area (Å²) in [7, 11) is 1.24. The smallest absolute Gasteiger partial charge is 0.308 e. The van der Waals surface area contributed by atoms with Crippen molar-refractivity contribution in [2.75, 3.05) is 20.2 Å². The number of esters is 1. The Morgan fingerprint density at radius 1 is 1.38 bits per heavy atom. The molecule has 8 heteroatoms. The molecule has 1 N–H and O–H groups in total. The van der Waals surface area contributed by atoms with E-state index in [0.29, 0.717) is 18.8 Å². The number of halogens is 1. The van der Waals surface area contributed by atoms with Gasteiger partial charge in [0.2, 0.25) is 5.91 Å². The van der Waals surface area contributed by atoms with Gasteiger partial charge in [-0.2, -0.15) is 0 Å². The lowest BCUT2D eigenvalue weighted by Gasteiger charge is -2.35. The van der Waals surface area contributed by atoms with Gasteiger partial charge in [-0.3, -0.25) is 14.4 Å². The molecular formula is C16H19BrN2O5. The molecule has 0 aliphatic carbocycles. The molecule has 1 heterocycles. The lowest BCUT2D eigenvalue weighted by molar-refractivity contribution is -0.153. The number of piperazine rings is 1. The third kappa shape index (κ3) is 4.47. The molecule has 1 aliphatic rings. The molecule has 130 valence electrons. The van der Waals surface area contributed by atoms with E-state index in [2.05, 4.69) is 26.0 Å². The van der Waals surface area contributed by atoms with Crippen LogP contribution in [-0.2, 0) is 19.1 Å². The molecule has 2 rings (SSSR count). The van der Waals surface area contributed by atoms with Crippen molar-refractivity contribution >= 4 is 33.7 Å². The minimum absolute atomic E-state index is 0.181. The van der Waals surface area contributed by atoms with E-state index in [-0.39, 0.29) is 18.2 Å². The van der Waals surface area contributed by atoms with E-state index in [9.17, 15) is 14.4 Å². The third-order valence-electron chi connectivity index (χ3n) is 3.68. The van der Waals surface area contributed by atoms with Gasteiger partial charge in [0.25, 0.3) is 5.91 Å². The van der Waals surface area contributed by atoms with Crippen LogP contribution in [-0.4, -0.2) is 55.0 Å². The van der Waals surface area contributed by atoms with E-state index in [1.165, 1.54) is 12.0 Å². The maximum Gasteiger partial charge on any atom is 0.308 e. The summed E-state index contributed by atoms with van der Waals surface area (Å²) in [5.74, 6) is -0.709. The minimum Gasteiger partial charge on any atom is -0.481 e. The largest absolute Gasteiger partial charge is 0.481 e. The second-order valence-electron chi connectivity index (χ2n) is 5.33. The highest BCUT2D eigenvalue weighted by atomic mass is 79.9. The molecule has 24 heavy (non-hydrogen) atoms. The number of methoxy groups -OCH3 is 1. The van der Waals surface area contributed by atoms with Gasteiger partial charge in [-0.05, 0) is 31.2 Å². The second-order valence-corrected chi connectivity index (χ2v) is 6.25. The zero-order valence-corrected chi connectivity index (χ0v) is 15.0. The molecule has 0 radical (unpaired) electrons. The number of benzene rings is 1. The molecule has 1 aromatic carbocycles. The molecule has 1 aliphatic heterocycles. The molecule has 0 unspecified atom stereocenters. The van der Waals surface area contributed by atoms with Crippen LogP contribution in [0.4, 0.5) is 0 Å². The van der Waals surface area contributed by atoms with Crippen molar-refractivity contribution in [1.29, 1.82) is 0 Å². The number of carbonyl (C=O) groups is 3. The first kappa shape index (κ1) is 18.3. The molecule has 1 fully saturated rings. The number of carbonyl (C=O) groups excluding carboxylic acids is 3. The summed E-state index contributed by atoms with van der Waals surface area (Å²) in [6.45, 7) is 2.28. The highest BCUT2D eigenvalue weighted by Crippen LogP contribution is 2.19. The third-order valence-corrected chi connectivity index (χ3v) is 4.20. The number of ether oxygens (including phenoxy) is 2. The Hall–Kier alpha value is -2.09. The molecular weight excluding hydrogens is 380 g/mol. The summed E-state index contributed by atoms with van der Waals surface area (Å²) in [5.41, 5.74) is 0. The number of nitrogens with one attached hydrogen (secondary N) is 1. The molecule has 2 amide bonds. The maximum absolute atomic E-state index is 12.7. The fourth-order valence-corrected chi connectivity index (χ4v) is 2.69. The zero-order chi connectivity index (χ0) is 17.7. The Bertz CT molecular complexity index is 619. The first-order valence-electron chi connectivity index (χ1n) is 7.49. The molecule has 7 nitrogen and oxygen atoms in total. The number of amides is 2. The fourth-order valence-electron chi connectivity index (χ4n) is 2.42.